The summed E-state index contributed by atoms with van der Waals surface area (Å²) in [6.45, 7) is 0.184. The molecular weight excluding hydrogens is 388 g/mol. The number of methoxy groups -OCH3 is 1. The Morgan fingerprint density at radius 3 is 2.56 bits per heavy atom. The van der Waals surface area contributed by atoms with Crippen molar-refractivity contribution >= 4 is 33.9 Å². The molecule has 3 rings (SSSR count). The Bertz CT molecular complexity index is 862. The number of carbonyl (C=O) groups is 2. The Balaban J connectivity index is 1.80. The van der Waals surface area contributed by atoms with E-state index >= 15 is 0 Å². The maximum atomic E-state index is 12.5. The van der Waals surface area contributed by atoms with Gasteiger partial charge in [0.25, 0.3) is 5.91 Å². The number of nitrogens with one attached hydrogen (secondary N) is 1. The van der Waals surface area contributed by atoms with Crippen LogP contribution < -0.4 is 10.1 Å². The van der Waals surface area contributed by atoms with Gasteiger partial charge in [-0.15, -0.1) is 0 Å². The number of phenols is 1. The summed E-state index contributed by atoms with van der Waals surface area (Å²) in [5, 5.41) is 12.4. The van der Waals surface area contributed by atoms with Gasteiger partial charge in [0.15, 0.2) is 11.5 Å². The molecule has 0 spiro atoms. The van der Waals surface area contributed by atoms with Gasteiger partial charge in [-0.1, -0.05) is 34.1 Å². The minimum absolute atomic E-state index is 0.0414. The van der Waals surface area contributed by atoms with Gasteiger partial charge in [-0.3, -0.25) is 9.69 Å². The summed E-state index contributed by atoms with van der Waals surface area (Å²) in [5.41, 5.74) is 1.58. The fourth-order valence-corrected chi connectivity index (χ4v) is 2.72. The van der Waals surface area contributed by atoms with Gasteiger partial charge in [0.1, 0.15) is 5.70 Å². The summed E-state index contributed by atoms with van der Waals surface area (Å²) in [4.78, 5) is 25.7. The molecule has 0 unspecified atom stereocenters. The molecule has 1 heterocycles. The predicted molar refractivity (Wildman–Crippen MR) is 95.9 cm³/mol. The lowest BCUT2D eigenvalue weighted by atomic mass is 10.1. The number of urea groups is 1. The van der Waals surface area contributed by atoms with Crippen LogP contribution in [0.5, 0.6) is 11.5 Å². The van der Waals surface area contributed by atoms with E-state index in [4.69, 9.17) is 4.74 Å². The molecule has 1 aliphatic rings. The molecule has 2 aromatic rings. The Kier molecular flexibility index (Phi) is 4.76. The lowest BCUT2D eigenvalue weighted by molar-refractivity contribution is -0.123. The van der Waals surface area contributed by atoms with E-state index in [1.807, 2.05) is 24.3 Å². The molecule has 0 bridgehead atoms. The Morgan fingerprint density at radius 1 is 1.20 bits per heavy atom. The lowest BCUT2D eigenvalue weighted by Gasteiger charge is -2.11. The van der Waals surface area contributed by atoms with Gasteiger partial charge in [-0.25, -0.2) is 4.79 Å². The molecule has 2 aromatic carbocycles. The highest BCUT2D eigenvalue weighted by molar-refractivity contribution is 9.10. The van der Waals surface area contributed by atoms with Crippen molar-refractivity contribution in [2.24, 2.45) is 0 Å². The van der Waals surface area contributed by atoms with Crippen molar-refractivity contribution in [3.8, 4) is 11.5 Å². The second-order valence-electron chi connectivity index (χ2n) is 5.44. The summed E-state index contributed by atoms with van der Waals surface area (Å²) in [7, 11) is 1.45. The highest BCUT2D eigenvalue weighted by Gasteiger charge is 2.33. The van der Waals surface area contributed by atoms with Crippen LogP contribution in [0.3, 0.4) is 0 Å². The van der Waals surface area contributed by atoms with Gasteiger partial charge in [0.05, 0.1) is 13.7 Å². The van der Waals surface area contributed by atoms with Gasteiger partial charge >= 0.3 is 6.03 Å². The highest BCUT2D eigenvalue weighted by Crippen LogP contribution is 2.27. The molecule has 2 N–H and O–H groups in total. The van der Waals surface area contributed by atoms with Gasteiger partial charge in [-0.05, 0) is 41.5 Å². The van der Waals surface area contributed by atoms with Crippen molar-refractivity contribution in [2.45, 2.75) is 6.54 Å². The van der Waals surface area contributed by atoms with Gasteiger partial charge in [-0.2, -0.15) is 0 Å². The number of amides is 3. The molecule has 25 heavy (non-hydrogen) atoms. The maximum Gasteiger partial charge on any atom is 0.329 e. The standard InChI is InChI=1S/C18H15BrN2O4/c1-25-16-7-4-12(9-15(16)22)8-14-17(23)21(18(24)20-14)10-11-2-5-13(19)6-3-11/h2-9,22H,10H2,1H3,(H,20,24)/b14-8-. The lowest BCUT2D eigenvalue weighted by Crippen LogP contribution is -2.30. The van der Waals surface area contributed by atoms with Crippen LogP contribution in [0, 0.1) is 0 Å². The number of ether oxygens (including phenoxy) is 1. The van der Waals surface area contributed by atoms with E-state index in [9.17, 15) is 14.7 Å². The van der Waals surface area contributed by atoms with Gasteiger partial charge in [0, 0.05) is 4.47 Å². The third-order valence-electron chi connectivity index (χ3n) is 3.73. The van der Waals surface area contributed by atoms with E-state index < -0.39 is 11.9 Å². The second-order valence-corrected chi connectivity index (χ2v) is 6.35. The van der Waals surface area contributed by atoms with Crippen LogP contribution >= 0.6 is 15.9 Å². The molecule has 0 atom stereocenters. The quantitative estimate of drug-likeness (QED) is 0.607. The molecule has 0 radical (unpaired) electrons. The minimum atomic E-state index is -0.475. The van der Waals surface area contributed by atoms with Crippen molar-refractivity contribution in [1.29, 1.82) is 0 Å². The van der Waals surface area contributed by atoms with Crippen LogP contribution in [0.25, 0.3) is 6.08 Å². The monoisotopic (exact) mass is 402 g/mol. The van der Waals surface area contributed by atoms with Crippen LogP contribution in [0.2, 0.25) is 0 Å². The molecule has 0 aliphatic carbocycles. The number of halogens is 1. The Morgan fingerprint density at radius 2 is 1.92 bits per heavy atom. The number of benzene rings is 2. The first-order chi connectivity index (χ1) is 12.0. The summed E-state index contributed by atoms with van der Waals surface area (Å²) in [5.74, 6) is -0.121. The number of hydrogen-bond acceptors (Lipinski definition) is 4. The molecule has 0 saturated carbocycles. The molecular formula is C18H15BrN2O4. The highest BCUT2D eigenvalue weighted by atomic mass is 79.9. The third kappa shape index (κ3) is 3.66. The number of imide groups is 1. The number of nitrogens with zero attached hydrogens (tertiary/aromatic N) is 1. The van der Waals surface area contributed by atoms with Crippen molar-refractivity contribution < 1.29 is 19.4 Å². The zero-order valence-electron chi connectivity index (χ0n) is 13.3. The average Bonchev–Trinajstić information content (AvgIpc) is 2.84. The van der Waals surface area contributed by atoms with Crippen LogP contribution in [-0.2, 0) is 11.3 Å². The minimum Gasteiger partial charge on any atom is -0.504 e. The number of rotatable bonds is 4. The van der Waals surface area contributed by atoms with Crippen molar-refractivity contribution in [3.63, 3.8) is 0 Å². The second kappa shape index (κ2) is 6.98. The smallest absolute Gasteiger partial charge is 0.329 e. The van der Waals surface area contributed by atoms with E-state index in [-0.39, 0.29) is 18.0 Å². The fraction of sp³-hybridized carbons (Fsp3) is 0.111. The van der Waals surface area contributed by atoms with Crippen molar-refractivity contribution in [1.82, 2.24) is 10.2 Å². The predicted octanol–water partition coefficient (Wildman–Crippen LogP) is 3.26. The zero-order valence-corrected chi connectivity index (χ0v) is 14.9. The number of aromatic hydroxyl groups is 1. The zero-order chi connectivity index (χ0) is 18.0. The van der Waals surface area contributed by atoms with E-state index in [0.717, 1.165) is 14.9 Å². The molecule has 128 valence electrons. The number of phenolic OH excluding ortho intramolecular Hbond substituents is 1. The van der Waals surface area contributed by atoms with E-state index in [0.29, 0.717) is 11.3 Å². The summed E-state index contributed by atoms with van der Waals surface area (Å²) < 4.78 is 5.91. The van der Waals surface area contributed by atoms with E-state index in [2.05, 4.69) is 21.2 Å². The average molecular weight is 403 g/mol. The maximum absolute atomic E-state index is 12.5. The molecule has 1 saturated heterocycles. The summed E-state index contributed by atoms with van der Waals surface area (Å²) in [6, 6.07) is 11.6. The molecule has 1 fully saturated rings. The summed E-state index contributed by atoms with van der Waals surface area (Å²) >= 11 is 3.35. The SMILES string of the molecule is COc1ccc(/C=C2\NC(=O)N(Cc3ccc(Br)cc3)C2=O)cc1O. The van der Waals surface area contributed by atoms with E-state index in [1.54, 1.807) is 12.1 Å². The first-order valence-electron chi connectivity index (χ1n) is 7.44. The van der Waals surface area contributed by atoms with Crippen LogP contribution in [0.15, 0.2) is 52.6 Å². The third-order valence-corrected chi connectivity index (χ3v) is 4.26. The molecule has 1 aliphatic heterocycles. The van der Waals surface area contributed by atoms with Crippen LogP contribution in [0.1, 0.15) is 11.1 Å². The topological polar surface area (TPSA) is 78.9 Å². The Hall–Kier alpha value is -2.80. The largest absolute Gasteiger partial charge is 0.504 e. The molecule has 0 aromatic heterocycles. The first kappa shape index (κ1) is 17.0. The number of hydrogen-bond donors (Lipinski definition) is 2. The van der Waals surface area contributed by atoms with Gasteiger partial charge in [0.2, 0.25) is 0 Å². The molecule has 3 amide bonds. The van der Waals surface area contributed by atoms with E-state index in [1.165, 1.54) is 19.3 Å². The molecule has 7 heteroatoms. The molecule has 6 nitrogen and oxygen atoms in total. The fourth-order valence-electron chi connectivity index (χ4n) is 2.45. The van der Waals surface area contributed by atoms with Crippen molar-refractivity contribution in [2.75, 3.05) is 7.11 Å². The van der Waals surface area contributed by atoms with Gasteiger partial charge < -0.3 is 15.2 Å². The van der Waals surface area contributed by atoms with Crippen LogP contribution in [0.4, 0.5) is 4.79 Å². The Labute approximate surface area is 152 Å². The van der Waals surface area contributed by atoms with Crippen molar-refractivity contribution in [3.05, 3.63) is 63.8 Å². The number of carbonyl (C=O) groups excluding carboxylic acids is 2. The van der Waals surface area contributed by atoms with Crippen LogP contribution in [-0.4, -0.2) is 29.1 Å². The summed E-state index contributed by atoms with van der Waals surface area (Å²) in [6.07, 6.45) is 1.51. The normalized spacial score (nSPS) is 15.6. The first-order valence-corrected chi connectivity index (χ1v) is 8.23.